The zero-order valence-electron chi connectivity index (χ0n) is 9.97. The summed E-state index contributed by atoms with van der Waals surface area (Å²) >= 11 is 0. The molecule has 0 radical (unpaired) electrons. The first-order valence-corrected chi connectivity index (χ1v) is 5.62. The Labute approximate surface area is 92.4 Å². The molecule has 0 aliphatic carbocycles. The van der Waals surface area contributed by atoms with Crippen LogP contribution in [0.15, 0.2) is 12.1 Å². The lowest BCUT2D eigenvalue weighted by molar-refractivity contribution is 0.317. The molecule has 1 aromatic rings. The monoisotopic (exact) mass is 207 g/mol. The normalized spacial score (nSPS) is 10.4. The van der Waals surface area contributed by atoms with Gasteiger partial charge in [-0.3, -0.25) is 0 Å². The third-order valence-electron chi connectivity index (χ3n) is 2.54. The number of benzene rings is 1. The Morgan fingerprint density at radius 1 is 1.20 bits per heavy atom. The van der Waals surface area contributed by atoms with Gasteiger partial charge in [0.2, 0.25) is 0 Å². The van der Waals surface area contributed by atoms with Gasteiger partial charge in [0.15, 0.2) is 0 Å². The van der Waals surface area contributed by atoms with E-state index < -0.39 is 0 Å². The lowest BCUT2D eigenvalue weighted by atomic mass is 10.00. The fourth-order valence-electron chi connectivity index (χ4n) is 1.80. The van der Waals surface area contributed by atoms with Crippen molar-refractivity contribution >= 4 is 0 Å². The number of hydrogen-bond acceptors (Lipinski definition) is 2. The van der Waals surface area contributed by atoms with Crippen molar-refractivity contribution in [2.75, 3.05) is 13.2 Å². The molecule has 1 rings (SSSR count). The predicted molar refractivity (Wildman–Crippen MR) is 64.5 cm³/mol. The van der Waals surface area contributed by atoms with Gasteiger partial charge < -0.3 is 10.5 Å². The van der Waals surface area contributed by atoms with E-state index in [-0.39, 0.29) is 0 Å². The van der Waals surface area contributed by atoms with Crippen LogP contribution in [0.5, 0.6) is 5.75 Å². The third-order valence-corrected chi connectivity index (χ3v) is 2.54. The van der Waals surface area contributed by atoms with Crippen molar-refractivity contribution in [1.29, 1.82) is 0 Å². The van der Waals surface area contributed by atoms with Gasteiger partial charge in [-0.25, -0.2) is 0 Å². The van der Waals surface area contributed by atoms with Crippen molar-refractivity contribution in [1.82, 2.24) is 0 Å². The third kappa shape index (κ3) is 3.24. The van der Waals surface area contributed by atoms with Crippen molar-refractivity contribution in [3.63, 3.8) is 0 Å². The molecule has 0 amide bonds. The highest BCUT2D eigenvalue weighted by Gasteiger charge is 2.04. The molecule has 0 atom stereocenters. The first-order chi connectivity index (χ1) is 7.19. The van der Waals surface area contributed by atoms with Gasteiger partial charge in [0.25, 0.3) is 0 Å². The first-order valence-electron chi connectivity index (χ1n) is 5.62. The molecule has 2 N–H and O–H groups in total. The lowest BCUT2D eigenvalue weighted by Gasteiger charge is -2.12. The van der Waals surface area contributed by atoms with Gasteiger partial charge in [0.1, 0.15) is 5.75 Å². The van der Waals surface area contributed by atoms with E-state index >= 15 is 0 Å². The summed E-state index contributed by atoms with van der Waals surface area (Å²) in [5.41, 5.74) is 9.52. The summed E-state index contributed by atoms with van der Waals surface area (Å²) in [6.45, 7) is 7.85. The van der Waals surface area contributed by atoms with Crippen LogP contribution in [0.3, 0.4) is 0 Å². The zero-order valence-corrected chi connectivity index (χ0v) is 9.97. The highest BCUT2D eigenvalue weighted by atomic mass is 16.5. The number of rotatable bonds is 5. The number of aryl methyl sites for hydroxylation is 2. The largest absolute Gasteiger partial charge is 0.494 e. The predicted octanol–water partition coefficient (Wildman–Crippen LogP) is 2.59. The van der Waals surface area contributed by atoms with E-state index in [1.165, 1.54) is 16.7 Å². The van der Waals surface area contributed by atoms with Crippen molar-refractivity contribution in [2.24, 2.45) is 5.73 Å². The molecule has 0 heterocycles. The van der Waals surface area contributed by atoms with Crippen LogP contribution in [0, 0.1) is 13.8 Å². The molecule has 0 saturated heterocycles. The number of nitrogens with two attached hydrogens (primary N) is 1. The minimum absolute atomic E-state index is 0.705. The van der Waals surface area contributed by atoms with Gasteiger partial charge in [-0.2, -0.15) is 0 Å². The molecule has 0 fully saturated rings. The van der Waals surface area contributed by atoms with Gasteiger partial charge in [0.05, 0.1) is 6.61 Å². The van der Waals surface area contributed by atoms with E-state index in [1.54, 1.807) is 0 Å². The quantitative estimate of drug-likeness (QED) is 0.805. The molecular weight excluding hydrogens is 186 g/mol. The average Bonchev–Trinajstić information content (AvgIpc) is 2.20. The Kier molecular flexibility index (Phi) is 4.63. The van der Waals surface area contributed by atoms with Crippen LogP contribution in [0.25, 0.3) is 0 Å². The van der Waals surface area contributed by atoms with Crippen LogP contribution < -0.4 is 10.5 Å². The molecule has 15 heavy (non-hydrogen) atoms. The molecule has 0 spiro atoms. The molecule has 1 aromatic carbocycles. The highest BCUT2D eigenvalue weighted by molar-refractivity contribution is 5.41. The highest BCUT2D eigenvalue weighted by Crippen LogP contribution is 2.22. The van der Waals surface area contributed by atoms with Gasteiger partial charge in [-0.05, 0) is 62.1 Å². The molecule has 84 valence electrons. The minimum Gasteiger partial charge on any atom is -0.494 e. The molecule has 2 nitrogen and oxygen atoms in total. The Balaban J connectivity index is 2.87. The summed E-state index contributed by atoms with van der Waals surface area (Å²) in [6.07, 6.45) is 1.99. The maximum Gasteiger partial charge on any atom is 0.119 e. The van der Waals surface area contributed by atoms with Crippen LogP contribution in [-0.2, 0) is 6.42 Å². The molecule has 0 bridgehead atoms. The second kappa shape index (κ2) is 5.76. The van der Waals surface area contributed by atoms with E-state index in [1.807, 2.05) is 0 Å². The van der Waals surface area contributed by atoms with Gasteiger partial charge in [0, 0.05) is 0 Å². The van der Waals surface area contributed by atoms with E-state index in [4.69, 9.17) is 10.5 Å². The van der Waals surface area contributed by atoms with Crippen LogP contribution in [0.1, 0.15) is 30.0 Å². The zero-order chi connectivity index (χ0) is 11.3. The topological polar surface area (TPSA) is 35.2 Å². The minimum atomic E-state index is 0.705. The summed E-state index contributed by atoms with van der Waals surface area (Å²) in [6, 6.07) is 4.21. The number of hydrogen-bond donors (Lipinski definition) is 1. The van der Waals surface area contributed by atoms with Crippen molar-refractivity contribution in [3.05, 3.63) is 28.8 Å². The summed E-state index contributed by atoms with van der Waals surface area (Å²) in [4.78, 5) is 0. The van der Waals surface area contributed by atoms with E-state index in [2.05, 4.69) is 32.9 Å². The lowest BCUT2D eigenvalue weighted by Crippen LogP contribution is -2.06. The average molecular weight is 207 g/mol. The SMILES string of the molecule is CCCOc1cc(C)c(CCN)c(C)c1. The Morgan fingerprint density at radius 2 is 1.80 bits per heavy atom. The Bertz CT molecular complexity index is 297. The fourth-order valence-corrected chi connectivity index (χ4v) is 1.80. The Hall–Kier alpha value is -1.02. The fraction of sp³-hybridized carbons (Fsp3) is 0.538. The van der Waals surface area contributed by atoms with Gasteiger partial charge in [-0.15, -0.1) is 0 Å². The van der Waals surface area contributed by atoms with Gasteiger partial charge >= 0.3 is 0 Å². The molecular formula is C13H21NO. The second-order valence-electron chi connectivity index (χ2n) is 3.92. The summed E-state index contributed by atoms with van der Waals surface area (Å²) in [5, 5.41) is 0. The van der Waals surface area contributed by atoms with Crippen LogP contribution in [0.2, 0.25) is 0 Å². The molecule has 0 aromatic heterocycles. The molecule has 0 saturated carbocycles. The van der Waals surface area contributed by atoms with E-state index in [9.17, 15) is 0 Å². The summed E-state index contributed by atoms with van der Waals surface area (Å²) in [5.74, 6) is 0.979. The standard InChI is InChI=1S/C13H21NO/c1-4-7-15-12-8-10(2)13(5-6-14)11(3)9-12/h8-9H,4-7,14H2,1-3H3. The van der Waals surface area contributed by atoms with E-state index in [0.717, 1.165) is 25.2 Å². The van der Waals surface area contributed by atoms with Crippen LogP contribution in [-0.4, -0.2) is 13.2 Å². The van der Waals surface area contributed by atoms with Gasteiger partial charge in [-0.1, -0.05) is 6.92 Å². The maximum atomic E-state index is 5.62. The smallest absolute Gasteiger partial charge is 0.119 e. The van der Waals surface area contributed by atoms with Crippen molar-refractivity contribution in [2.45, 2.75) is 33.6 Å². The second-order valence-corrected chi connectivity index (χ2v) is 3.92. The molecule has 2 heteroatoms. The first kappa shape index (κ1) is 12.1. The summed E-state index contributed by atoms with van der Waals surface area (Å²) in [7, 11) is 0. The van der Waals surface area contributed by atoms with E-state index in [0.29, 0.717) is 6.54 Å². The molecule has 0 unspecified atom stereocenters. The van der Waals surface area contributed by atoms with Crippen molar-refractivity contribution < 1.29 is 4.74 Å². The maximum absolute atomic E-state index is 5.62. The van der Waals surface area contributed by atoms with Crippen LogP contribution >= 0.6 is 0 Å². The molecule has 0 aliphatic heterocycles. The summed E-state index contributed by atoms with van der Waals surface area (Å²) < 4.78 is 5.62. The van der Waals surface area contributed by atoms with Crippen molar-refractivity contribution in [3.8, 4) is 5.75 Å². The van der Waals surface area contributed by atoms with Crippen LogP contribution in [0.4, 0.5) is 0 Å². The Morgan fingerprint density at radius 3 is 2.27 bits per heavy atom. The number of ether oxygens (including phenoxy) is 1. The molecule has 0 aliphatic rings.